The highest BCUT2D eigenvalue weighted by molar-refractivity contribution is 5.97. The first-order chi connectivity index (χ1) is 12.5. The van der Waals surface area contributed by atoms with Gasteiger partial charge in [-0.25, -0.2) is 4.39 Å². The van der Waals surface area contributed by atoms with Crippen molar-refractivity contribution < 1.29 is 23.5 Å². The maximum absolute atomic E-state index is 12.8. The van der Waals surface area contributed by atoms with Crippen molar-refractivity contribution in [3.8, 4) is 11.5 Å². The van der Waals surface area contributed by atoms with Gasteiger partial charge in [0.2, 0.25) is 5.91 Å². The molecule has 26 heavy (non-hydrogen) atoms. The smallest absolute Gasteiger partial charge is 0.251 e. The molecule has 0 radical (unpaired) electrons. The zero-order valence-electron chi connectivity index (χ0n) is 14.7. The van der Waals surface area contributed by atoms with Crippen molar-refractivity contribution in [2.45, 2.75) is 6.42 Å². The molecule has 0 fully saturated rings. The van der Waals surface area contributed by atoms with Crippen molar-refractivity contribution in [1.29, 1.82) is 0 Å². The maximum atomic E-state index is 12.8. The molecule has 2 amide bonds. The Morgan fingerprint density at radius 2 is 1.65 bits per heavy atom. The lowest BCUT2D eigenvalue weighted by Gasteiger charge is -2.10. The number of amides is 2. The van der Waals surface area contributed by atoms with Gasteiger partial charge in [-0.15, -0.1) is 0 Å². The molecule has 138 valence electrons. The number of hydrogen-bond acceptors (Lipinski definition) is 4. The molecule has 0 aromatic heterocycles. The topological polar surface area (TPSA) is 76.7 Å². The van der Waals surface area contributed by atoms with Crippen molar-refractivity contribution in [3.05, 3.63) is 59.4 Å². The van der Waals surface area contributed by atoms with E-state index in [1.807, 2.05) is 0 Å². The van der Waals surface area contributed by atoms with Crippen LogP contribution in [0.2, 0.25) is 0 Å². The number of rotatable bonds is 8. The van der Waals surface area contributed by atoms with Crippen LogP contribution in [-0.4, -0.2) is 39.1 Å². The summed E-state index contributed by atoms with van der Waals surface area (Å²) in [6, 6.07) is 10.8. The summed E-state index contributed by atoms with van der Waals surface area (Å²) in [5.41, 5.74) is 1.28. The van der Waals surface area contributed by atoms with Gasteiger partial charge in [0.25, 0.3) is 5.91 Å². The van der Waals surface area contributed by atoms with Crippen LogP contribution in [0.1, 0.15) is 15.9 Å². The minimum Gasteiger partial charge on any atom is -0.493 e. The van der Waals surface area contributed by atoms with E-state index in [4.69, 9.17) is 9.47 Å². The second-order valence-corrected chi connectivity index (χ2v) is 5.48. The van der Waals surface area contributed by atoms with Gasteiger partial charge >= 0.3 is 0 Å². The molecule has 0 aliphatic heterocycles. The second-order valence-electron chi connectivity index (χ2n) is 5.48. The average molecular weight is 360 g/mol. The number of ether oxygens (including phenoxy) is 2. The molecule has 7 heteroatoms. The van der Waals surface area contributed by atoms with E-state index in [0.29, 0.717) is 30.0 Å². The standard InChI is InChI=1S/C19H21FN2O4/c1-25-16-8-5-14(11-17(16)26-2)19(24)22-12-18(23)21-10-9-13-3-6-15(20)7-4-13/h3-8,11H,9-10,12H2,1-2H3,(H,21,23)(H,22,24). The summed E-state index contributed by atoms with van der Waals surface area (Å²) in [4.78, 5) is 23.9. The molecule has 0 aliphatic rings. The van der Waals surface area contributed by atoms with E-state index in [2.05, 4.69) is 10.6 Å². The lowest BCUT2D eigenvalue weighted by atomic mass is 10.1. The Balaban J connectivity index is 1.77. The Hall–Kier alpha value is -3.09. The largest absolute Gasteiger partial charge is 0.493 e. The highest BCUT2D eigenvalue weighted by Crippen LogP contribution is 2.27. The number of hydrogen-bond donors (Lipinski definition) is 2. The summed E-state index contributed by atoms with van der Waals surface area (Å²) < 4.78 is 23.1. The molecular weight excluding hydrogens is 339 g/mol. The predicted molar refractivity (Wildman–Crippen MR) is 95.0 cm³/mol. The Kier molecular flexibility index (Phi) is 6.96. The van der Waals surface area contributed by atoms with Gasteiger partial charge in [0, 0.05) is 12.1 Å². The monoisotopic (exact) mass is 360 g/mol. The third-order valence-electron chi connectivity index (χ3n) is 3.70. The molecule has 0 atom stereocenters. The molecule has 0 heterocycles. The minimum absolute atomic E-state index is 0.142. The minimum atomic E-state index is -0.389. The van der Waals surface area contributed by atoms with Crippen LogP contribution in [0.15, 0.2) is 42.5 Å². The second kappa shape index (κ2) is 9.41. The Morgan fingerprint density at radius 3 is 2.31 bits per heavy atom. The van der Waals surface area contributed by atoms with Gasteiger partial charge in [-0.1, -0.05) is 12.1 Å². The van der Waals surface area contributed by atoms with E-state index in [0.717, 1.165) is 5.56 Å². The van der Waals surface area contributed by atoms with Crippen molar-refractivity contribution in [3.63, 3.8) is 0 Å². The fraction of sp³-hybridized carbons (Fsp3) is 0.263. The van der Waals surface area contributed by atoms with E-state index in [-0.39, 0.29) is 24.2 Å². The van der Waals surface area contributed by atoms with Crippen molar-refractivity contribution >= 4 is 11.8 Å². The summed E-state index contributed by atoms with van der Waals surface area (Å²) in [5, 5.41) is 5.25. The highest BCUT2D eigenvalue weighted by Gasteiger charge is 2.11. The van der Waals surface area contributed by atoms with Crippen molar-refractivity contribution in [1.82, 2.24) is 10.6 Å². The molecule has 2 N–H and O–H groups in total. The molecule has 0 bridgehead atoms. The van der Waals surface area contributed by atoms with Gasteiger partial charge in [0.05, 0.1) is 20.8 Å². The number of carbonyl (C=O) groups excluding carboxylic acids is 2. The van der Waals surface area contributed by atoms with Crippen molar-refractivity contribution in [2.24, 2.45) is 0 Å². The first-order valence-corrected chi connectivity index (χ1v) is 8.05. The summed E-state index contributed by atoms with van der Waals surface area (Å²) in [6.45, 7) is 0.257. The molecule has 0 saturated heterocycles. The van der Waals surface area contributed by atoms with E-state index < -0.39 is 0 Å². The number of halogens is 1. The predicted octanol–water partition coefficient (Wildman–Crippen LogP) is 1.93. The Bertz CT molecular complexity index is 763. The lowest BCUT2D eigenvalue weighted by molar-refractivity contribution is -0.120. The number of carbonyl (C=O) groups is 2. The fourth-order valence-electron chi connectivity index (χ4n) is 2.30. The molecule has 2 aromatic carbocycles. The van der Waals surface area contributed by atoms with Gasteiger partial charge < -0.3 is 20.1 Å². The van der Waals surface area contributed by atoms with Crippen LogP contribution < -0.4 is 20.1 Å². The Morgan fingerprint density at radius 1 is 0.962 bits per heavy atom. The van der Waals surface area contributed by atoms with Gasteiger partial charge in [0.1, 0.15) is 5.82 Å². The molecule has 0 unspecified atom stereocenters. The van der Waals surface area contributed by atoms with Crippen LogP contribution in [0.3, 0.4) is 0 Å². The SMILES string of the molecule is COc1ccc(C(=O)NCC(=O)NCCc2ccc(F)cc2)cc1OC. The molecule has 0 aliphatic carbocycles. The van der Waals surface area contributed by atoms with Crippen molar-refractivity contribution in [2.75, 3.05) is 27.3 Å². The van der Waals surface area contributed by atoms with E-state index in [1.54, 1.807) is 30.3 Å². The number of benzene rings is 2. The molecule has 0 saturated carbocycles. The van der Waals surface area contributed by atoms with Gasteiger partial charge in [0.15, 0.2) is 11.5 Å². The summed E-state index contributed by atoms with van der Waals surface area (Å²) >= 11 is 0. The Labute approximate surface area is 151 Å². The zero-order valence-corrected chi connectivity index (χ0v) is 14.7. The van der Waals surface area contributed by atoms with Crippen LogP contribution in [0.25, 0.3) is 0 Å². The molecule has 2 rings (SSSR count). The van der Waals surface area contributed by atoms with Crippen LogP contribution in [0, 0.1) is 5.82 Å². The number of nitrogens with one attached hydrogen (secondary N) is 2. The third kappa shape index (κ3) is 5.47. The van der Waals surface area contributed by atoms with Gasteiger partial charge in [-0.05, 0) is 42.3 Å². The molecular formula is C19H21FN2O4. The van der Waals surface area contributed by atoms with Gasteiger partial charge in [-0.3, -0.25) is 9.59 Å². The molecule has 6 nitrogen and oxygen atoms in total. The zero-order chi connectivity index (χ0) is 18.9. The molecule has 2 aromatic rings. The van der Waals surface area contributed by atoms with Gasteiger partial charge in [-0.2, -0.15) is 0 Å². The lowest BCUT2D eigenvalue weighted by Crippen LogP contribution is -2.37. The number of methoxy groups -OCH3 is 2. The summed E-state index contributed by atoms with van der Waals surface area (Å²) in [6.07, 6.45) is 0.579. The first-order valence-electron chi connectivity index (χ1n) is 8.05. The summed E-state index contributed by atoms with van der Waals surface area (Å²) in [7, 11) is 2.99. The molecule has 0 spiro atoms. The van der Waals surface area contributed by atoms with E-state index >= 15 is 0 Å². The highest BCUT2D eigenvalue weighted by atomic mass is 19.1. The third-order valence-corrected chi connectivity index (χ3v) is 3.70. The van der Waals surface area contributed by atoms with Crippen LogP contribution in [0.5, 0.6) is 11.5 Å². The van der Waals surface area contributed by atoms with Crippen LogP contribution >= 0.6 is 0 Å². The fourth-order valence-corrected chi connectivity index (χ4v) is 2.30. The van der Waals surface area contributed by atoms with E-state index in [1.165, 1.54) is 26.4 Å². The van der Waals surface area contributed by atoms with E-state index in [9.17, 15) is 14.0 Å². The maximum Gasteiger partial charge on any atom is 0.251 e. The van der Waals surface area contributed by atoms with Crippen LogP contribution in [0.4, 0.5) is 4.39 Å². The first kappa shape index (κ1) is 19.2. The normalized spacial score (nSPS) is 10.1. The average Bonchev–Trinajstić information content (AvgIpc) is 2.67. The van der Waals surface area contributed by atoms with Crippen LogP contribution in [-0.2, 0) is 11.2 Å². The quantitative estimate of drug-likeness (QED) is 0.754. The summed E-state index contributed by atoms with van der Waals surface area (Å²) in [5.74, 6) is -0.0391.